The maximum absolute atomic E-state index is 12.9. The van der Waals surface area contributed by atoms with Crippen LogP contribution in [0.3, 0.4) is 0 Å². The zero-order chi connectivity index (χ0) is 19.6. The third-order valence-electron chi connectivity index (χ3n) is 6.16. The van der Waals surface area contributed by atoms with Gasteiger partial charge in [-0.3, -0.25) is 19.3 Å². The number of piperidine rings is 1. The van der Waals surface area contributed by atoms with E-state index in [4.69, 9.17) is 0 Å². The van der Waals surface area contributed by atoms with E-state index in [0.29, 0.717) is 38.4 Å². The summed E-state index contributed by atoms with van der Waals surface area (Å²) in [6, 6.07) is -0.472. The van der Waals surface area contributed by atoms with Crippen molar-refractivity contribution in [2.24, 2.45) is 11.8 Å². The molecule has 3 rings (SSSR count). The monoisotopic (exact) mass is 378 g/mol. The summed E-state index contributed by atoms with van der Waals surface area (Å²) in [5, 5.41) is 5.64. The van der Waals surface area contributed by atoms with Crippen LogP contribution < -0.4 is 10.6 Å². The summed E-state index contributed by atoms with van der Waals surface area (Å²) in [4.78, 5) is 52.7. The van der Waals surface area contributed by atoms with Crippen LogP contribution in [-0.2, 0) is 14.4 Å². The minimum absolute atomic E-state index is 0.0414. The minimum atomic E-state index is -0.824. The largest absolute Gasteiger partial charge is 0.356 e. The van der Waals surface area contributed by atoms with Crippen LogP contribution in [-0.4, -0.2) is 65.3 Å². The Morgan fingerprint density at radius 1 is 1.22 bits per heavy atom. The minimum Gasteiger partial charge on any atom is -0.356 e. The highest BCUT2D eigenvalue weighted by Crippen LogP contribution is 2.36. The van der Waals surface area contributed by atoms with Crippen molar-refractivity contribution in [2.75, 3.05) is 26.2 Å². The quantitative estimate of drug-likeness (QED) is 0.709. The van der Waals surface area contributed by atoms with E-state index in [1.807, 2.05) is 6.92 Å². The van der Waals surface area contributed by atoms with Gasteiger partial charge in [0, 0.05) is 19.6 Å². The highest BCUT2D eigenvalue weighted by atomic mass is 16.2. The molecule has 3 aliphatic rings. The molecule has 3 fully saturated rings. The molecule has 150 valence electrons. The third kappa shape index (κ3) is 3.94. The Balaban J connectivity index is 1.61. The zero-order valence-electron chi connectivity index (χ0n) is 16.3. The average Bonchev–Trinajstić information content (AvgIpc) is 2.89. The fourth-order valence-electron chi connectivity index (χ4n) is 4.39. The molecular weight excluding hydrogens is 348 g/mol. The first-order valence-corrected chi connectivity index (χ1v) is 10.1. The van der Waals surface area contributed by atoms with Gasteiger partial charge in [0.25, 0.3) is 5.91 Å². The fourth-order valence-corrected chi connectivity index (χ4v) is 4.39. The van der Waals surface area contributed by atoms with Crippen molar-refractivity contribution in [1.82, 2.24) is 20.4 Å². The number of rotatable bonds is 4. The maximum Gasteiger partial charge on any atom is 0.325 e. The van der Waals surface area contributed by atoms with Gasteiger partial charge in [-0.25, -0.2) is 4.79 Å². The number of nitrogens with one attached hydrogen (secondary N) is 2. The Hall–Kier alpha value is -2.12. The topological polar surface area (TPSA) is 98.8 Å². The second kappa shape index (κ2) is 7.86. The number of hydrogen-bond donors (Lipinski definition) is 2. The van der Waals surface area contributed by atoms with Gasteiger partial charge in [-0.2, -0.15) is 0 Å². The Morgan fingerprint density at radius 3 is 2.59 bits per heavy atom. The van der Waals surface area contributed by atoms with E-state index in [9.17, 15) is 19.2 Å². The third-order valence-corrected chi connectivity index (χ3v) is 6.16. The molecule has 1 saturated carbocycles. The molecule has 2 aliphatic heterocycles. The fraction of sp³-hybridized carbons (Fsp3) is 0.789. The second-order valence-corrected chi connectivity index (χ2v) is 8.16. The van der Waals surface area contributed by atoms with E-state index in [1.165, 1.54) is 0 Å². The molecule has 5 amide bonds. The molecule has 2 N–H and O–H groups in total. The van der Waals surface area contributed by atoms with Crippen molar-refractivity contribution >= 4 is 23.8 Å². The molecular formula is C19H30N4O4. The van der Waals surface area contributed by atoms with E-state index >= 15 is 0 Å². The van der Waals surface area contributed by atoms with E-state index in [-0.39, 0.29) is 30.2 Å². The number of carbonyl (C=O) groups excluding carboxylic acids is 4. The lowest BCUT2D eigenvalue weighted by Gasteiger charge is -2.34. The van der Waals surface area contributed by atoms with E-state index in [2.05, 4.69) is 17.6 Å². The van der Waals surface area contributed by atoms with Crippen molar-refractivity contribution in [3.8, 4) is 0 Å². The molecule has 2 saturated heterocycles. The van der Waals surface area contributed by atoms with Crippen LogP contribution in [0.1, 0.15) is 52.4 Å². The van der Waals surface area contributed by atoms with Crippen molar-refractivity contribution in [3.05, 3.63) is 0 Å². The summed E-state index contributed by atoms with van der Waals surface area (Å²) in [5.74, 6) is -0.258. The summed E-state index contributed by atoms with van der Waals surface area (Å²) >= 11 is 0. The summed E-state index contributed by atoms with van der Waals surface area (Å²) < 4.78 is 0. The van der Waals surface area contributed by atoms with Gasteiger partial charge in [0.2, 0.25) is 11.8 Å². The molecule has 1 atom stereocenters. The molecule has 0 radical (unpaired) electrons. The van der Waals surface area contributed by atoms with Crippen LogP contribution in [0.2, 0.25) is 0 Å². The number of carbonyl (C=O) groups is 4. The predicted molar refractivity (Wildman–Crippen MR) is 98.6 cm³/mol. The number of urea groups is 1. The Morgan fingerprint density at radius 2 is 1.93 bits per heavy atom. The van der Waals surface area contributed by atoms with Gasteiger partial charge in [0.15, 0.2) is 0 Å². The van der Waals surface area contributed by atoms with Gasteiger partial charge < -0.3 is 15.5 Å². The summed E-state index contributed by atoms with van der Waals surface area (Å²) in [7, 11) is 0. The van der Waals surface area contributed by atoms with Crippen LogP contribution in [0, 0.1) is 11.8 Å². The molecule has 27 heavy (non-hydrogen) atoms. The number of amides is 5. The Kier molecular flexibility index (Phi) is 5.72. The molecule has 0 unspecified atom stereocenters. The van der Waals surface area contributed by atoms with E-state index < -0.39 is 11.6 Å². The molecule has 8 heteroatoms. The van der Waals surface area contributed by atoms with Gasteiger partial charge in [-0.05, 0) is 51.4 Å². The molecule has 0 aromatic heterocycles. The number of imide groups is 1. The van der Waals surface area contributed by atoms with Crippen LogP contribution in [0.15, 0.2) is 0 Å². The Labute approximate surface area is 160 Å². The standard InChI is InChI=1S/C19H30N4O4/c1-3-20-16(25)14-5-4-10-22(11-14)15(24)12-23-17(26)19(21-18(23)27)8-6-13(2)7-9-19/h13-14H,3-12H2,1-2H3,(H,20,25)(H,21,27)/t13?,14-,19?/m0/s1. The molecule has 8 nitrogen and oxygen atoms in total. The van der Waals surface area contributed by atoms with Crippen LogP contribution in [0.25, 0.3) is 0 Å². The summed E-state index contributed by atoms with van der Waals surface area (Å²) in [6.07, 6.45) is 4.55. The zero-order valence-corrected chi connectivity index (χ0v) is 16.3. The Bertz CT molecular complexity index is 627. The average molecular weight is 378 g/mol. The molecule has 0 aromatic rings. The van der Waals surface area contributed by atoms with Crippen molar-refractivity contribution in [1.29, 1.82) is 0 Å². The lowest BCUT2D eigenvalue weighted by molar-refractivity contribution is -0.141. The molecule has 2 heterocycles. The first kappa shape index (κ1) is 19.6. The second-order valence-electron chi connectivity index (χ2n) is 8.16. The van der Waals surface area contributed by atoms with Gasteiger partial charge in [-0.15, -0.1) is 0 Å². The first-order valence-electron chi connectivity index (χ1n) is 10.1. The van der Waals surface area contributed by atoms with Gasteiger partial charge >= 0.3 is 6.03 Å². The molecule has 0 bridgehead atoms. The predicted octanol–water partition coefficient (Wildman–Crippen LogP) is 0.862. The molecule has 1 spiro atoms. The van der Waals surface area contributed by atoms with Crippen LogP contribution in [0.5, 0.6) is 0 Å². The maximum atomic E-state index is 12.9. The lowest BCUT2D eigenvalue weighted by atomic mass is 9.77. The lowest BCUT2D eigenvalue weighted by Crippen LogP contribution is -2.51. The SMILES string of the molecule is CCNC(=O)[C@H]1CCCN(C(=O)CN2C(=O)NC3(CCC(C)CC3)C2=O)C1. The number of hydrogen-bond acceptors (Lipinski definition) is 4. The normalized spacial score (nSPS) is 31.2. The highest BCUT2D eigenvalue weighted by Gasteiger charge is 2.52. The van der Waals surface area contributed by atoms with Gasteiger partial charge in [0.05, 0.1) is 5.92 Å². The van der Waals surface area contributed by atoms with Crippen molar-refractivity contribution in [2.45, 2.75) is 57.9 Å². The van der Waals surface area contributed by atoms with Crippen LogP contribution >= 0.6 is 0 Å². The van der Waals surface area contributed by atoms with Gasteiger partial charge in [-0.1, -0.05) is 6.92 Å². The first-order chi connectivity index (χ1) is 12.9. The van der Waals surface area contributed by atoms with Gasteiger partial charge in [0.1, 0.15) is 12.1 Å². The highest BCUT2D eigenvalue weighted by molar-refractivity contribution is 6.09. The van der Waals surface area contributed by atoms with Crippen molar-refractivity contribution in [3.63, 3.8) is 0 Å². The van der Waals surface area contributed by atoms with E-state index in [1.54, 1.807) is 4.90 Å². The number of nitrogens with zero attached hydrogens (tertiary/aromatic N) is 2. The smallest absolute Gasteiger partial charge is 0.325 e. The summed E-state index contributed by atoms with van der Waals surface area (Å²) in [6.45, 7) is 5.23. The number of likely N-dealkylation sites (tertiary alicyclic amines) is 1. The van der Waals surface area contributed by atoms with Crippen molar-refractivity contribution < 1.29 is 19.2 Å². The molecule has 0 aromatic carbocycles. The van der Waals surface area contributed by atoms with Crippen LogP contribution in [0.4, 0.5) is 4.79 Å². The summed E-state index contributed by atoms with van der Waals surface area (Å²) in [5.41, 5.74) is -0.824. The molecule has 1 aliphatic carbocycles. The van der Waals surface area contributed by atoms with E-state index in [0.717, 1.165) is 30.6 Å².